The molecular weight excluding hydrogens is 347 g/mol. The van der Waals surface area contributed by atoms with Gasteiger partial charge in [-0.3, -0.25) is 4.90 Å². The highest BCUT2D eigenvalue weighted by Crippen LogP contribution is 2.24. The average molecular weight is 369 g/mol. The highest BCUT2D eigenvalue weighted by atomic mass is 19.4. The van der Waals surface area contributed by atoms with Crippen molar-refractivity contribution in [3.8, 4) is 11.5 Å². The van der Waals surface area contributed by atoms with E-state index in [1.54, 1.807) is 18.3 Å². The molecule has 0 saturated carbocycles. The number of alkyl halides is 3. The lowest BCUT2D eigenvalue weighted by atomic mass is 10.1. The fraction of sp³-hybridized carbons (Fsp3) is 0.588. The van der Waals surface area contributed by atoms with Gasteiger partial charge in [-0.25, -0.2) is 4.98 Å². The van der Waals surface area contributed by atoms with E-state index in [-0.39, 0.29) is 11.8 Å². The van der Waals surface area contributed by atoms with Crippen LogP contribution in [0.25, 0.3) is 11.5 Å². The summed E-state index contributed by atoms with van der Waals surface area (Å²) in [6.07, 6.45) is -1.76. The SMILES string of the molecule is CC(C)c1noc(-c2ccnc(NCC3CCN(CC(F)(F)F)C3)c2)n1. The Morgan fingerprint density at radius 3 is 2.88 bits per heavy atom. The van der Waals surface area contributed by atoms with E-state index in [1.165, 1.54) is 4.90 Å². The molecular formula is C17H22F3N5O. The third-order valence-corrected chi connectivity index (χ3v) is 4.31. The van der Waals surface area contributed by atoms with Crippen LogP contribution < -0.4 is 5.32 Å². The first-order valence-corrected chi connectivity index (χ1v) is 8.63. The van der Waals surface area contributed by atoms with E-state index in [4.69, 9.17) is 4.52 Å². The lowest BCUT2D eigenvalue weighted by Gasteiger charge is -2.18. The predicted octanol–water partition coefficient (Wildman–Crippen LogP) is 3.55. The van der Waals surface area contributed by atoms with Gasteiger partial charge in [0.1, 0.15) is 5.82 Å². The molecule has 0 aromatic carbocycles. The van der Waals surface area contributed by atoms with Gasteiger partial charge >= 0.3 is 6.18 Å². The van der Waals surface area contributed by atoms with Crippen LogP contribution in [0.2, 0.25) is 0 Å². The van der Waals surface area contributed by atoms with Crippen molar-refractivity contribution in [3.63, 3.8) is 0 Å². The van der Waals surface area contributed by atoms with Crippen LogP contribution in [0.1, 0.15) is 32.0 Å². The average Bonchev–Trinajstić information content (AvgIpc) is 3.21. The van der Waals surface area contributed by atoms with Crippen molar-refractivity contribution in [3.05, 3.63) is 24.2 Å². The van der Waals surface area contributed by atoms with Crippen LogP contribution in [-0.2, 0) is 0 Å². The van der Waals surface area contributed by atoms with Crippen LogP contribution >= 0.6 is 0 Å². The zero-order valence-corrected chi connectivity index (χ0v) is 14.8. The first-order valence-electron chi connectivity index (χ1n) is 8.63. The smallest absolute Gasteiger partial charge is 0.370 e. The molecule has 1 N–H and O–H groups in total. The molecule has 9 heteroatoms. The second-order valence-electron chi connectivity index (χ2n) is 6.93. The van der Waals surface area contributed by atoms with Crippen LogP contribution in [0.15, 0.2) is 22.9 Å². The molecule has 0 spiro atoms. The number of anilines is 1. The van der Waals surface area contributed by atoms with Crippen LogP contribution in [0, 0.1) is 5.92 Å². The minimum atomic E-state index is -4.14. The number of likely N-dealkylation sites (tertiary alicyclic amines) is 1. The number of halogens is 3. The van der Waals surface area contributed by atoms with Crippen molar-refractivity contribution < 1.29 is 17.7 Å². The molecule has 3 heterocycles. The Morgan fingerprint density at radius 1 is 1.38 bits per heavy atom. The maximum absolute atomic E-state index is 12.5. The van der Waals surface area contributed by atoms with Crippen molar-refractivity contribution in [1.82, 2.24) is 20.0 Å². The van der Waals surface area contributed by atoms with E-state index >= 15 is 0 Å². The highest BCUT2D eigenvalue weighted by molar-refractivity contribution is 5.57. The maximum atomic E-state index is 12.5. The molecule has 1 aliphatic rings. The summed E-state index contributed by atoms with van der Waals surface area (Å²) in [5.41, 5.74) is 0.756. The molecule has 26 heavy (non-hydrogen) atoms. The first-order chi connectivity index (χ1) is 12.3. The lowest BCUT2D eigenvalue weighted by Crippen LogP contribution is -2.33. The normalized spacial score (nSPS) is 18.6. The number of aromatic nitrogens is 3. The van der Waals surface area contributed by atoms with Crippen molar-refractivity contribution >= 4 is 5.82 Å². The van der Waals surface area contributed by atoms with Crippen LogP contribution in [0.4, 0.5) is 19.0 Å². The number of hydrogen-bond donors (Lipinski definition) is 1. The molecule has 1 fully saturated rings. The van der Waals surface area contributed by atoms with E-state index in [1.807, 2.05) is 13.8 Å². The van der Waals surface area contributed by atoms with Gasteiger partial charge in [-0.15, -0.1) is 0 Å². The van der Waals surface area contributed by atoms with Crippen molar-refractivity contribution in [2.45, 2.75) is 32.4 Å². The molecule has 0 amide bonds. The second-order valence-corrected chi connectivity index (χ2v) is 6.93. The number of nitrogens with one attached hydrogen (secondary N) is 1. The number of hydrogen-bond acceptors (Lipinski definition) is 6. The Morgan fingerprint density at radius 2 is 2.19 bits per heavy atom. The molecule has 142 valence electrons. The third-order valence-electron chi connectivity index (χ3n) is 4.31. The quantitative estimate of drug-likeness (QED) is 0.840. The summed E-state index contributed by atoms with van der Waals surface area (Å²) in [6, 6.07) is 3.59. The molecule has 3 rings (SSSR count). The Balaban J connectivity index is 1.56. The van der Waals surface area contributed by atoms with E-state index in [9.17, 15) is 13.2 Å². The Bertz CT molecular complexity index is 731. The van der Waals surface area contributed by atoms with Gasteiger partial charge in [-0.1, -0.05) is 19.0 Å². The minimum Gasteiger partial charge on any atom is -0.370 e. The van der Waals surface area contributed by atoms with Gasteiger partial charge in [-0.05, 0) is 31.0 Å². The summed E-state index contributed by atoms with van der Waals surface area (Å²) in [6.45, 7) is 4.61. The molecule has 0 aliphatic carbocycles. The monoisotopic (exact) mass is 369 g/mol. The summed E-state index contributed by atoms with van der Waals surface area (Å²) >= 11 is 0. The molecule has 0 bridgehead atoms. The van der Waals surface area contributed by atoms with Crippen LogP contribution in [0.5, 0.6) is 0 Å². The number of nitrogens with zero attached hydrogens (tertiary/aromatic N) is 4. The van der Waals surface area contributed by atoms with Crippen LogP contribution in [0.3, 0.4) is 0 Å². The summed E-state index contributed by atoms with van der Waals surface area (Å²) < 4.78 is 42.6. The largest absolute Gasteiger partial charge is 0.401 e. The van der Waals surface area contributed by atoms with E-state index in [0.29, 0.717) is 37.2 Å². The fourth-order valence-corrected chi connectivity index (χ4v) is 2.97. The molecule has 2 aromatic heterocycles. The zero-order chi connectivity index (χ0) is 18.7. The van der Waals surface area contributed by atoms with E-state index in [0.717, 1.165) is 12.0 Å². The zero-order valence-electron chi connectivity index (χ0n) is 14.8. The van der Waals surface area contributed by atoms with Crippen molar-refractivity contribution in [2.24, 2.45) is 5.92 Å². The summed E-state index contributed by atoms with van der Waals surface area (Å²) in [4.78, 5) is 10.1. The standard InChI is InChI=1S/C17H22F3N5O/c1-11(2)15-23-16(26-24-15)13-3-5-21-14(7-13)22-8-12-4-6-25(9-12)10-17(18,19)20/h3,5,7,11-12H,4,6,8-10H2,1-2H3,(H,21,22). The van der Waals surface area contributed by atoms with Gasteiger partial charge in [0.15, 0.2) is 5.82 Å². The second kappa shape index (κ2) is 7.61. The first kappa shape index (κ1) is 18.6. The molecule has 2 aromatic rings. The van der Waals surface area contributed by atoms with Gasteiger partial charge in [0.05, 0.1) is 6.54 Å². The van der Waals surface area contributed by atoms with Gasteiger partial charge in [0.25, 0.3) is 5.89 Å². The lowest BCUT2D eigenvalue weighted by molar-refractivity contribution is -0.143. The van der Waals surface area contributed by atoms with Crippen LogP contribution in [-0.4, -0.2) is 52.4 Å². The van der Waals surface area contributed by atoms with Gasteiger partial charge in [-0.2, -0.15) is 18.2 Å². The van der Waals surface area contributed by atoms with Gasteiger partial charge in [0, 0.05) is 30.8 Å². The fourth-order valence-electron chi connectivity index (χ4n) is 2.97. The number of pyridine rings is 1. The summed E-state index contributed by atoms with van der Waals surface area (Å²) in [5, 5.41) is 7.14. The molecule has 1 unspecified atom stereocenters. The minimum absolute atomic E-state index is 0.166. The summed E-state index contributed by atoms with van der Waals surface area (Å²) in [5.74, 6) is 2.05. The topological polar surface area (TPSA) is 67.1 Å². The molecule has 1 aliphatic heterocycles. The number of rotatable bonds is 6. The molecule has 6 nitrogen and oxygen atoms in total. The Kier molecular flexibility index (Phi) is 5.45. The third kappa shape index (κ3) is 4.94. The molecule has 1 saturated heterocycles. The van der Waals surface area contributed by atoms with Gasteiger partial charge in [0.2, 0.25) is 0 Å². The molecule has 0 radical (unpaired) electrons. The van der Waals surface area contributed by atoms with E-state index < -0.39 is 12.7 Å². The Hall–Kier alpha value is -2.16. The van der Waals surface area contributed by atoms with Crippen molar-refractivity contribution in [1.29, 1.82) is 0 Å². The predicted molar refractivity (Wildman–Crippen MR) is 90.7 cm³/mol. The summed E-state index contributed by atoms with van der Waals surface area (Å²) in [7, 11) is 0. The highest BCUT2D eigenvalue weighted by Gasteiger charge is 2.34. The van der Waals surface area contributed by atoms with Gasteiger partial charge < -0.3 is 9.84 Å². The maximum Gasteiger partial charge on any atom is 0.401 e. The Labute approximate surface area is 149 Å². The van der Waals surface area contributed by atoms with Crippen molar-refractivity contribution in [2.75, 3.05) is 31.5 Å². The van der Waals surface area contributed by atoms with E-state index in [2.05, 4.69) is 20.4 Å². The molecule has 1 atom stereocenters.